The molecular formula is C12H23NO. The monoisotopic (exact) mass is 197 g/mol. The first kappa shape index (κ1) is 11.5. The van der Waals surface area contributed by atoms with Crippen LogP contribution in [0.15, 0.2) is 0 Å². The Kier molecular flexibility index (Phi) is 2.93. The van der Waals surface area contributed by atoms with Crippen molar-refractivity contribution in [3.8, 4) is 0 Å². The molecule has 1 heterocycles. The van der Waals surface area contributed by atoms with Crippen molar-refractivity contribution in [1.82, 2.24) is 4.90 Å². The maximum Gasteiger partial charge on any atom is 0.229 e. The summed E-state index contributed by atoms with van der Waals surface area (Å²) in [6.07, 6.45) is 2.06. The molecule has 2 heteroatoms. The highest BCUT2D eigenvalue weighted by Gasteiger charge is 2.50. The third-order valence-electron chi connectivity index (χ3n) is 4.35. The number of hydrogen-bond acceptors (Lipinski definition) is 1. The average molecular weight is 197 g/mol. The van der Waals surface area contributed by atoms with Gasteiger partial charge in [-0.3, -0.25) is 4.79 Å². The predicted molar refractivity (Wildman–Crippen MR) is 59.1 cm³/mol. The van der Waals surface area contributed by atoms with Crippen LogP contribution in [0.3, 0.4) is 0 Å². The molecule has 0 saturated carbocycles. The number of rotatable bonds is 2. The van der Waals surface area contributed by atoms with Gasteiger partial charge in [0.1, 0.15) is 0 Å². The summed E-state index contributed by atoms with van der Waals surface area (Å²) in [4.78, 5) is 14.2. The third kappa shape index (κ3) is 1.45. The minimum Gasteiger partial charge on any atom is -0.342 e. The van der Waals surface area contributed by atoms with Crippen molar-refractivity contribution < 1.29 is 4.79 Å². The highest BCUT2D eigenvalue weighted by Crippen LogP contribution is 2.48. The van der Waals surface area contributed by atoms with Crippen LogP contribution in [0.25, 0.3) is 0 Å². The van der Waals surface area contributed by atoms with E-state index < -0.39 is 0 Å². The molecule has 1 amide bonds. The molecular weight excluding hydrogens is 174 g/mol. The quantitative estimate of drug-likeness (QED) is 0.666. The second kappa shape index (κ2) is 3.56. The standard InChI is InChI=1S/C12H23NO/c1-6-12(5)10(14)13(7-2)9-8-11(12,3)4/h6-9H2,1-5H3. The van der Waals surface area contributed by atoms with Crippen LogP contribution in [0.5, 0.6) is 0 Å². The zero-order valence-electron chi connectivity index (χ0n) is 10.2. The molecule has 0 aliphatic carbocycles. The van der Waals surface area contributed by atoms with Crippen LogP contribution >= 0.6 is 0 Å². The van der Waals surface area contributed by atoms with E-state index in [1.54, 1.807) is 0 Å². The molecule has 1 aliphatic rings. The average Bonchev–Trinajstić information content (AvgIpc) is 2.15. The summed E-state index contributed by atoms with van der Waals surface area (Å²) in [5, 5.41) is 0. The molecule has 82 valence electrons. The maximum absolute atomic E-state index is 12.3. The lowest BCUT2D eigenvalue weighted by atomic mass is 9.60. The van der Waals surface area contributed by atoms with Crippen molar-refractivity contribution in [3.05, 3.63) is 0 Å². The second-order valence-electron chi connectivity index (χ2n) is 5.20. The van der Waals surface area contributed by atoms with Gasteiger partial charge in [0.25, 0.3) is 0 Å². The second-order valence-corrected chi connectivity index (χ2v) is 5.20. The molecule has 1 rings (SSSR count). The molecule has 0 aromatic carbocycles. The number of amides is 1. The highest BCUT2D eigenvalue weighted by atomic mass is 16.2. The largest absolute Gasteiger partial charge is 0.342 e. The van der Waals surface area contributed by atoms with E-state index in [4.69, 9.17) is 0 Å². The highest BCUT2D eigenvalue weighted by molar-refractivity contribution is 5.84. The van der Waals surface area contributed by atoms with Gasteiger partial charge in [0.05, 0.1) is 5.41 Å². The van der Waals surface area contributed by atoms with Crippen molar-refractivity contribution in [2.75, 3.05) is 13.1 Å². The van der Waals surface area contributed by atoms with Crippen molar-refractivity contribution in [1.29, 1.82) is 0 Å². The van der Waals surface area contributed by atoms with Crippen molar-refractivity contribution in [2.45, 2.75) is 47.5 Å². The van der Waals surface area contributed by atoms with Crippen LogP contribution < -0.4 is 0 Å². The van der Waals surface area contributed by atoms with Gasteiger partial charge in [-0.2, -0.15) is 0 Å². The maximum atomic E-state index is 12.3. The van der Waals surface area contributed by atoms with Gasteiger partial charge in [-0.25, -0.2) is 0 Å². The van der Waals surface area contributed by atoms with E-state index in [-0.39, 0.29) is 10.8 Å². The summed E-state index contributed by atoms with van der Waals surface area (Å²) in [5.41, 5.74) is -0.0221. The molecule has 0 aromatic heterocycles. The lowest BCUT2D eigenvalue weighted by Crippen LogP contribution is -2.55. The number of carbonyl (C=O) groups is 1. The summed E-state index contributed by atoms with van der Waals surface area (Å²) >= 11 is 0. The van der Waals surface area contributed by atoms with Gasteiger partial charge >= 0.3 is 0 Å². The topological polar surface area (TPSA) is 20.3 Å². The van der Waals surface area contributed by atoms with Crippen LogP contribution in [-0.2, 0) is 4.79 Å². The van der Waals surface area contributed by atoms with E-state index in [2.05, 4.69) is 34.6 Å². The Morgan fingerprint density at radius 1 is 1.29 bits per heavy atom. The minimum absolute atomic E-state index is 0.143. The Hall–Kier alpha value is -0.530. The Labute approximate surface area is 87.7 Å². The van der Waals surface area contributed by atoms with Gasteiger partial charge in [-0.1, -0.05) is 27.7 Å². The van der Waals surface area contributed by atoms with Crippen LogP contribution in [0.4, 0.5) is 0 Å². The molecule has 1 atom stereocenters. The summed E-state index contributed by atoms with van der Waals surface area (Å²) in [5.74, 6) is 0.346. The fourth-order valence-corrected chi connectivity index (χ4v) is 2.36. The molecule has 0 N–H and O–H groups in total. The van der Waals surface area contributed by atoms with Gasteiger partial charge in [-0.05, 0) is 25.2 Å². The van der Waals surface area contributed by atoms with Gasteiger partial charge in [0, 0.05) is 13.1 Å². The molecule has 14 heavy (non-hydrogen) atoms. The van der Waals surface area contributed by atoms with Crippen LogP contribution in [-0.4, -0.2) is 23.9 Å². The summed E-state index contributed by atoms with van der Waals surface area (Å²) in [6.45, 7) is 12.5. The van der Waals surface area contributed by atoms with Crippen LogP contribution in [0, 0.1) is 10.8 Å². The SMILES string of the molecule is CCN1CCC(C)(C)C(C)(CC)C1=O. The van der Waals surface area contributed by atoms with E-state index in [0.29, 0.717) is 5.91 Å². The Morgan fingerprint density at radius 3 is 2.29 bits per heavy atom. The smallest absolute Gasteiger partial charge is 0.229 e. The molecule has 1 saturated heterocycles. The zero-order valence-corrected chi connectivity index (χ0v) is 10.2. The van der Waals surface area contributed by atoms with E-state index in [1.807, 2.05) is 4.90 Å². The van der Waals surface area contributed by atoms with Gasteiger partial charge in [0.2, 0.25) is 5.91 Å². The lowest BCUT2D eigenvalue weighted by molar-refractivity contribution is -0.156. The van der Waals surface area contributed by atoms with Crippen LogP contribution in [0.2, 0.25) is 0 Å². The molecule has 1 unspecified atom stereocenters. The molecule has 0 radical (unpaired) electrons. The molecule has 1 fully saturated rings. The lowest BCUT2D eigenvalue weighted by Gasteiger charge is -2.50. The predicted octanol–water partition coefficient (Wildman–Crippen LogP) is 2.68. The van der Waals surface area contributed by atoms with E-state index in [1.165, 1.54) is 0 Å². The number of carbonyl (C=O) groups excluding carboxylic acids is 1. The summed E-state index contributed by atoms with van der Waals surface area (Å²) < 4.78 is 0. The fraction of sp³-hybridized carbons (Fsp3) is 0.917. The number of nitrogens with zero attached hydrogens (tertiary/aromatic N) is 1. The molecule has 0 aromatic rings. The number of likely N-dealkylation sites (tertiary alicyclic amines) is 1. The summed E-state index contributed by atoms with van der Waals surface area (Å²) in [6, 6.07) is 0. The zero-order chi connectivity index (χ0) is 11.0. The van der Waals surface area contributed by atoms with E-state index in [9.17, 15) is 4.79 Å². The molecule has 0 spiro atoms. The van der Waals surface area contributed by atoms with E-state index in [0.717, 1.165) is 25.9 Å². The van der Waals surface area contributed by atoms with Crippen molar-refractivity contribution in [3.63, 3.8) is 0 Å². The van der Waals surface area contributed by atoms with Crippen molar-refractivity contribution >= 4 is 5.91 Å². The number of hydrogen-bond donors (Lipinski definition) is 0. The van der Waals surface area contributed by atoms with E-state index >= 15 is 0 Å². The fourth-order valence-electron chi connectivity index (χ4n) is 2.36. The van der Waals surface area contributed by atoms with Crippen molar-refractivity contribution in [2.24, 2.45) is 10.8 Å². The first-order valence-corrected chi connectivity index (χ1v) is 5.68. The van der Waals surface area contributed by atoms with Gasteiger partial charge in [0.15, 0.2) is 0 Å². The summed E-state index contributed by atoms with van der Waals surface area (Å²) in [7, 11) is 0. The van der Waals surface area contributed by atoms with Gasteiger partial charge < -0.3 is 4.90 Å². The minimum atomic E-state index is -0.165. The Morgan fingerprint density at radius 2 is 1.86 bits per heavy atom. The Bertz CT molecular complexity index is 234. The molecule has 2 nitrogen and oxygen atoms in total. The number of piperidine rings is 1. The first-order valence-electron chi connectivity index (χ1n) is 5.68. The third-order valence-corrected chi connectivity index (χ3v) is 4.35. The van der Waals surface area contributed by atoms with Crippen LogP contribution in [0.1, 0.15) is 47.5 Å². The molecule has 0 bridgehead atoms. The first-order chi connectivity index (χ1) is 6.39. The van der Waals surface area contributed by atoms with Gasteiger partial charge in [-0.15, -0.1) is 0 Å². The normalized spacial score (nSPS) is 32.1. The Balaban J connectivity index is 2.99. The molecule has 1 aliphatic heterocycles.